The third kappa shape index (κ3) is 7.60. The summed E-state index contributed by atoms with van der Waals surface area (Å²) in [6, 6.07) is 28.4. The van der Waals surface area contributed by atoms with E-state index in [0.717, 1.165) is 13.1 Å². The number of ether oxygens (including phenoxy) is 1. The quantitative estimate of drug-likeness (QED) is 0.377. The van der Waals surface area contributed by atoms with Crippen LogP contribution in [0, 0.1) is 5.92 Å². The number of piperazine rings is 1. The minimum absolute atomic E-state index is 0.0875. The van der Waals surface area contributed by atoms with Gasteiger partial charge in [-0.1, -0.05) is 86.6 Å². The van der Waals surface area contributed by atoms with Crippen molar-refractivity contribution in [1.82, 2.24) is 14.7 Å². The zero-order chi connectivity index (χ0) is 27.6. The van der Waals surface area contributed by atoms with E-state index < -0.39 is 0 Å². The molecule has 0 saturated carbocycles. The summed E-state index contributed by atoms with van der Waals surface area (Å²) in [5.74, 6) is 0.970. The molecular formula is C32H40N4O3. The van der Waals surface area contributed by atoms with Crippen LogP contribution in [0.4, 0.5) is 10.5 Å². The van der Waals surface area contributed by atoms with E-state index in [4.69, 9.17) is 4.74 Å². The predicted molar refractivity (Wildman–Crippen MR) is 156 cm³/mol. The van der Waals surface area contributed by atoms with E-state index >= 15 is 0 Å². The molecule has 39 heavy (non-hydrogen) atoms. The molecule has 1 heterocycles. The SMILES string of the molecule is COc1ccccc1NC(=O)N(CCC(=O)N1CCN(C(c2ccccc2)c2ccccc2)CC1)CC(C)C. The minimum Gasteiger partial charge on any atom is -0.495 e. The van der Waals surface area contributed by atoms with Crippen LogP contribution in [0.1, 0.15) is 37.4 Å². The molecule has 1 aliphatic heterocycles. The molecule has 1 N–H and O–H groups in total. The highest BCUT2D eigenvalue weighted by Crippen LogP contribution is 2.29. The highest BCUT2D eigenvalue weighted by molar-refractivity contribution is 5.91. The van der Waals surface area contributed by atoms with Crippen LogP contribution in [0.25, 0.3) is 0 Å². The lowest BCUT2D eigenvalue weighted by Gasteiger charge is -2.40. The molecule has 0 unspecified atom stereocenters. The number of nitrogens with one attached hydrogen (secondary N) is 1. The molecule has 3 aromatic rings. The Morgan fingerprint density at radius 1 is 0.846 bits per heavy atom. The normalized spacial score (nSPS) is 13.9. The standard InChI is InChI=1S/C32H40N4O3/c1-25(2)24-36(32(38)33-28-16-10-11-17-29(28)39-3)19-18-30(37)34-20-22-35(23-21-34)31(26-12-6-4-7-13-26)27-14-8-5-9-15-27/h4-17,25,31H,18-24H2,1-3H3,(H,33,38). The number of carbonyl (C=O) groups is 2. The summed E-state index contributed by atoms with van der Waals surface area (Å²) < 4.78 is 5.37. The van der Waals surface area contributed by atoms with Gasteiger partial charge in [0.2, 0.25) is 5.91 Å². The molecule has 7 nitrogen and oxygen atoms in total. The first-order valence-corrected chi connectivity index (χ1v) is 13.8. The van der Waals surface area contributed by atoms with Crippen LogP contribution >= 0.6 is 0 Å². The third-order valence-electron chi connectivity index (χ3n) is 7.08. The lowest BCUT2D eigenvalue weighted by Crippen LogP contribution is -2.50. The van der Waals surface area contributed by atoms with Gasteiger partial charge in [0.25, 0.3) is 0 Å². The van der Waals surface area contributed by atoms with Crippen LogP contribution in [0.15, 0.2) is 84.9 Å². The van der Waals surface area contributed by atoms with Crippen molar-refractivity contribution in [2.75, 3.05) is 51.7 Å². The smallest absolute Gasteiger partial charge is 0.321 e. The molecular weight excluding hydrogens is 488 g/mol. The van der Waals surface area contributed by atoms with E-state index in [1.54, 1.807) is 12.0 Å². The molecule has 7 heteroatoms. The second-order valence-corrected chi connectivity index (χ2v) is 10.4. The van der Waals surface area contributed by atoms with Gasteiger partial charge in [-0.25, -0.2) is 4.79 Å². The lowest BCUT2D eigenvalue weighted by atomic mass is 9.96. The molecule has 0 bridgehead atoms. The van der Waals surface area contributed by atoms with Gasteiger partial charge in [-0.15, -0.1) is 0 Å². The molecule has 0 spiro atoms. The molecule has 206 valence electrons. The van der Waals surface area contributed by atoms with Gasteiger partial charge in [-0.3, -0.25) is 9.69 Å². The van der Waals surface area contributed by atoms with Gasteiger partial charge in [0.1, 0.15) is 5.75 Å². The predicted octanol–water partition coefficient (Wildman–Crippen LogP) is 5.51. The number of hydrogen-bond acceptors (Lipinski definition) is 4. The average molecular weight is 529 g/mol. The van der Waals surface area contributed by atoms with E-state index in [1.165, 1.54) is 11.1 Å². The largest absolute Gasteiger partial charge is 0.495 e. The zero-order valence-corrected chi connectivity index (χ0v) is 23.3. The number of hydrogen-bond donors (Lipinski definition) is 1. The fourth-order valence-corrected chi connectivity index (χ4v) is 5.16. The van der Waals surface area contributed by atoms with Gasteiger partial charge in [-0.05, 0) is 29.2 Å². The maximum atomic E-state index is 13.2. The second-order valence-electron chi connectivity index (χ2n) is 10.4. The highest BCUT2D eigenvalue weighted by atomic mass is 16.5. The average Bonchev–Trinajstić information content (AvgIpc) is 2.97. The number of anilines is 1. The first-order chi connectivity index (χ1) is 19.0. The number of urea groups is 1. The summed E-state index contributed by atoms with van der Waals surface area (Å²) in [7, 11) is 1.58. The summed E-state index contributed by atoms with van der Waals surface area (Å²) in [5.41, 5.74) is 3.13. The number of rotatable bonds is 10. The van der Waals surface area contributed by atoms with Crippen molar-refractivity contribution in [3.05, 3.63) is 96.1 Å². The number of methoxy groups -OCH3 is 1. The van der Waals surface area contributed by atoms with Crippen molar-refractivity contribution in [2.24, 2.45) is 5.92 Å². The van der Waals surface area contributed by atoms with E-state index in [0.29, 0.717) is 44.0 Å². The van der Waals surface area contributed by atoms with Crippen molar-refractivity contribution in [2.45, 2.75) is 26.3 Å². The number of nitrogens with zero attached hydrogens (tertiary/aromatic N) is 3. The van der Waals surface area contributed by atoms with E-state index in [-0.39, 0.29) is 23.9 Å². The van der Waals surface area contributed by atoms with E-state index in [1.807, 2.05) is 41.3 Å². The maximum Gasteiger partial charge on any atom is 0.321 e. The van der Waals surface area contributed by atoms with Crippen molar-refractivity contribution < 1.29 is 14.3 Å². The van der Waals surface area contributed by atoms with E-state index in [9.17, 15) is 9.59 Å². The Morgan fingerprint density at radius 2 is 1.41 bits per heavy atom. The van der Waals surface area contributed by atoms with Crippen LogP contribution in [0.3, 0.4) is 0 Å². The van der Waals surface area contributed by atoms with Gasteiger partial charge in [0.15, 0.2) is 0 Å². The number of amides is 3. The molecule has 1 saturated heterocycles. The summed E-state index contributed by atoms with van der Waals surface area (Å²) >= 11 is 0. The molecule has 1 aliphatic rings. The summed E-state index contributed by atoms with van der Waals surface area (Å²) in [5, 5.41) is 2.95. The summed E-state index contributed by atoms with van der Waals surface area (Å²) in [4.78, 5) is 32.5. The Labute approximate surface area is 232 Å². The molecule has 3 amide bonds. The Hall–Kier alpha value is -3.84. The summed E-state index contributed by atoms with van der Waals surface area (Å²) in [6.45, 7) is 8.01. The molecule has 0 atom stereocenters. The fraction of sp³-hybridized carbons (Fsp3) is 0.375. The first-order valence-electron chi connectivity index (χ1n) is 13.8. The van der Waals surface area contributed by atoms with Crippen molar-refractivity contribution in [1.29, 1.82) is 0 Å². The van der Waals surface area contributed by atoms with Crippen LogP contribution in [-0.4, -0.2) is 73.0 Å². The Morgan fingerprint density at radius 3 is 1.97 bits per heavy atom. The minimum atomic E-state index is -0.223. The van der Waals surface area contributed by atoms with Crippen molar-refractivity contribution in [3.8, 4) is 5.75 Å². The molecule has 4 rings (SSSR count). The molecule has 1 fully saturated rings. The van der Waals surface area contributed by atoms with Crippen LogP contribution in [0.2, 0.25) is 0 Å². The fourth-order valence-electron chi connectivity index (χ4n) is 5.16. The molecule has 0 aromatic heterocycles. The van der Waals surface area contributed by atoms with Crippen LogP contribution < -0.4 is 10.1 Å². The second kappa shape index (κ2) is 13.8. The Bertz CT molecular complexity index is 1150. The van der Waals surface area contributed by atoms with Crippen LogP contribution in [0.5, 0.6) is 5.75 Å². The Kier molecular flexibility index (Phi) is 9.97. The molecule has 0 radical (unpaired) electrons. The molecule has 3 aromatic carbocycles. The van der Waals surface area contributed by atoms with Gasteiger partial charge >= 0.3 is 6.03 Å². The topological polar surface area (TPSA) is 65.1 Å². The lowest BCUT2D eigenvalue weighted by molar-refractivity contribution is -0.133. The van der Waals surface area contributed by atoms with Gasteiger partial charge in [0, 0.05) is 45.7 Å². The van der Waals surface area contributed by atoms with Crippen molar-refractivity contribution >= 4 is 17.6 Å². The maximum absolute atomic E-state index is 13.2. The third-order valence-corrected chi connectivity index (χ3v) is 7.08. The number of carbonyl (C=O) groups excluding carboxylic acids is 2. The number of benzene rings is 3. The number of para-hydroxylation sites is 2. The zero-order valence-electron chi connectivity index (χ0n) is 23.3. The highest BCUT2D eigenvalue weighted by Gasteiger charge is 2.28. The van der Waals surface area contributed by atoms with Gasteiger partial charge in [0.05, 0.1) is 18.8 Å². The van der Waals surface area contributed by atoms with Crippen molar-refractivity contribution in [3.63, 3.8) is 0 Å². The van der Waals surface area contributed by atoms with Gasteiger partial charge in [-0.2, -0.15) is 0 Å². The van der Waals surface area contributed by atoms with Crippen LogP contribution in [-0.2, 0) is 4.79 Å². The summed E-state index contributed by atoms with van der Waals surface area (Å²) in [6.07, 6.45) is 0.298. The molecule has 0 aliphatic carbocycles. The monoisotopic (exact) mass is 528 g/mol. The first kappa shape index (κ1) is 28.2. The van der Waals surface area contributed by atoms with E-state index in [2.05, 4.69) is 72.6 Å². The van der Waals surface area contributed by atoms with Gasteiger partial charge < -0.3 is 19.9 Å². The Balaban J connectivity index is 1.35.